The Labute approximate surface area is 91.9 Å². The second kappa shape index (κ2) is 5.12. The van der Waals surface area contributed by atoms with E-state index in [0.29, 0.717) is 6.61 Å². The molecule has 1 aromatic heterocycles. The monoisotopic (exact) mass is 208 g/mol. The Morgan fingerprint density at radius 1 is 1.47 bits per heavy atom. The Morgan fingerprint density at radius 2 is 2.20 bits per heavy atom. The van der Waals surface area contributed by atoms with Crippen LogP contribution in [0.25, 0.3) is 0 Å². The molecule has 0 unspecified atom stereocenters. The van der Waals surface area contributed by atoms with E-state index in [1.165, 1.54) is 0 Å². The molecule has 0 spiro atoms. The predicted molar refractivity (Wildman–Crippen MR) is 62.9 cm³/mol. The van der Waals surface area contributed by atoms with Crippen LogP contribution in [0.3, 0.4) is 0 Å². The van der Waals surface area contributed by atoms with E-state index in [-0.39, 0.29) is 5.60 Å². The summed E-state index contributed by atoms with van der Waals surface area (Å²) in [6.07, 6.45) is 2.81. The molecule has 15 heavy (non-hydrogen) atoms. The van der Waals surface area contributed by atoms with Gasteiger partial charge in [0, 0.05) is 13.2 Å². The first-order chi connectivity index (χ1) is 7.07. The Balaban J connectivity index is 2.57. The van der Waals surface area contributed by atoms with Crippen molar-refractivity contribution in [1.29, 1.82) is 0 Å². The molecule has 0 saturated carbocycles. The van der Waals surface area contributed by atoms with Gasteiger partial charge in [-0.1, -0.05) is 6.92 Å². The molecular formula is C12H20N2O. The number of hydrogen-bond acceptors (Lipinski definition) is 3. The van der Waals surface area contributed by atoms with Crippen LogP contribution in [0, 0.1) is 0 Å². The second-order valence-electron chi connectivity index (χ2n) is 4.20. The van der Waals surface area contributed by atoms with Crippen LogP contribution in [-0.2, 0) is 11.3 Å². The molecule has 0 saturated heterocycles. The van der Waals surface area contributed by atoms with Crippen molar-refractivity contribution in [3.05, 3.63) is 23.9 Å². The van der Waals surface area contributed by atoms with Gasteiger partial charge in [-0.3, -0.25) is 0 Å². The lowest BCUT2D eigenvalue weighted by molar-refractivity contribution is -0.0316. The molecule has 0 bridgehead atoms. The van der Waals surface area contributed by atoms with E-state index in [4.69, 9.17) is 4.74 Å². The van der Waals surface area contributed by atoms with Crippen molar-refractivity contribution in [3.8, 4) is 0 Å². The van der Waals surface area contributed by atoms with E-state index >= 15 is 0 Å². The number of rotatable bonds is 5. The van der Waals surface area contributed by atoms with E-state index < -0.39 is 0 Å². The molecule has 0 amide bonds. The quantitative estimate of drug-likeness (QED) is 0.808. The standard InChI is InChI=1S/C12H20N2O/c1-5-12(2,3)15-9-10-6-7-14-11(8-10)13-4/h6-8H,5,9H2,1-4H3,(H,13,14). The minimum absolute atomic E-state index is 0.0525. The number of nitrogens with zero attached hydrogens (tertiary/aromatic N) is 1. The van der Waals surface area contributed by atoms with Gasteiger partial charge in [-0.25, -0.2) is 4.98 Å². The van der Waals surface area contributed by atoms with Crippen molar-refractivity contribution >= 4 is 5.82 Å². The van der Waals surface area contributed by atoms with Crippen molar-refractivity contribution in [2.75, 3.05) is 12.4 Å². The van der Waals surface area contributed by atoms with Crippen molar-refractivity contribution in [2.45, 2.75) is 39.4 Å². The normalized spacial score (nSPS) is 11.5. The van der Waals surface area contributed by atoms with E-state index in [0.717, 1.165) is 17.8 Å². The van der Waals surface area contributed by atoms with Gasteiger partial charge in [-0.2, -0.15) is 0 Å². The molecule has 0 radical (unpaired) electrons. The van der Waals surface area contributed by atoms with Gasteiger partial charge in [0.25, 0.3) is 0 Å². The summed E-state index contributed by atoms with van der Waals surface area (Å²) in [7, 11) is 1.86. The smallest absolute Gasteiger partial charge is 0.125 e. The van der Waals surface area contributed by atoms with Gasteiger partial charge in [-0.05, 0) is 38.0 Å². The number of ether oxygens (including phenoxy) is 1. The van der Waals surface area contributed by atoms with Crippen LogP contribution in [0.5, 0.6) is 0 Å². The van der Waals surface area contributed by atoms with Gasteiger partial charge >= 0.3 is 0 Å². The molecule has 1 N–H and O–H groups in total. The molecule has 0 atom stereocenters. The summed E-state index contributed by atoms with van der Waals surface area (Å²) in [6.45, 7) is 6.98. The largest absolute Gasteiger partial charge is 0.373 e. The predicted octanol–water partition coefficient (Wildman–Crippen LogP) is 2.83. The molecule has 3 heteroatoms. The number of hydrogen-bond donors (Lipinski definition) is 1. The molecule has 0 aliphatic heterocycles. The van der Waals surface area contributed by atoms with Crippen LogP contribution >= 0.6 is 0 Å². The van der Waals surface area contributed by atoms with Crippen molar-refractivity contribution in [2.24, 2.45) is 0 Å². The fourth-order valence-electron chi connectivity index (χ4n) is 1.08. The fourth-order valence-corrected chi connectivity index (χ4v) is 1.08. The molecular weight excluding hydrogens is 188 g/mol. The summed E-state index contributed by atoms with van der Waals surface area (Å²) in [5.41, 5.74) is 1.10. The minimum atomic E-state index is -0.0525. The van der Waals surface area contributed by atoms with Gasteiger partial charge < -0.3 is 10.1 Å². The van der Waals surface area contributed by atoms with Gasteiger partial charge in [0.2, 0.25) is 0 Å². The Bertz CT molecular complexity index is 310. The molecule has 0 aliphatic rings. The van der Waals surface area contributed by atoms with Crippen LogP contribution in [-0.4, -0.2) is 17.6 Å². The molecule has 0 aliphatic carbocycles. The summed E-state index contributed by atoms with van der Waals surface area (Å²) >= 11 is 0. The number of aromatic nitrogens is 1. The molecule has 1 aromatic rings. The fraction of sp³-hybridized carbons (Fsp3) is 0.583. The van der Waals surface area contributed by atoms with E-state index in [2.05, 4.69) is 31.1 Å². The summed E-state index contributed by atoms with van der Waals surface area (Å²) in [5.74, 6) is 0.880. The third kappa shape index (κ3) is 3.88. The zero-order valence-corrected chi connectivity index (χ0v) is 10.0. The van der Waals surface area contributed by atoms with Crippen LogP contribution in [0.4, 0.5) is 5.82 Å². The number of nitrogens with one attached hydrogen (secondary N) is 1. The number of anilines is 1. The maximum Gasteiger partial charge on any atom is 0.125 e. The van der Waals surface area contributed by atoms with Crippen molar-refractivity contribution in [1.82, 2.24) is 4.98 Å². The highest BCUT2D eigenvalue weighted by atomic mass is 16.5. The maximum atomic E-state index is 5.81. The molecule has 0 fully saturated rings. The second-order valence-corrected chi connectivity index (χ2v) is 4.20. The Kier molecular flexibility index (Phi) is 4.09. The summed E-state index contributed by atoms with van der Waals surface area (Å²) in [5, 5.41) is 3.01. The van der Waals surface area contributed by atoms with Gasteiger partial charge in [-0.15, -0.1) is 0 Å². The third-order valence-corrected chi connectivity index (χ3v) is 2.56. The lowest BCUT2D eigenvalue weighted by Crippen LogP contribution is -2.22. The average Bonchev–Trinajstić information content (AvgIpc) is 2.27. The lowest BCUT2D eigenvalue weighted by atomic mass is 10.1. The van der Waals surface area contributed by atoms with Crippen LogP contribution < -0.4 is 5.32 Å². The van der Waals surface area contributed by atoms with Crippen LogP contribution in [0.1, 0.15) is 32.8 Å². The Morgan fingerprint density at radius 3 is 2.80 bits per heavy atom. The summed E-state index contributed by atoms with van der Waals surface area (Å²) in [6, 6.07) is 3.98. The van der Waals surface area contributed by atoms with E-state index in [1.807, 2.05) is 19.2 Å². The first-order valence-electron chi connectivity index (χ1n) is 5.34. The van der Waals surface area contributed by atoms with Gasteiger partial charge in [0.05, 0.1) is 12.2 Å². The summed E-state index contributed by atoms with van der Waals surface area (Å²) < 4.78 is 5.81. The Hall–Kier alpha value is -1.09. The molecule has 0 aromatic carbocycles. The van der Waals surface area contributed by atoms with E-state index in [1.54, 1.807) is 6.20 Å². The highest BCUT2D eigenvalue weighted by molar-refractivity contribution is 5.36. The maximum absolute atomic E-state index is 5.81. The highest BCUT2D eigenvalue weighted by Gasteiger charge is 2.14. The first kappa shape index (κ1) is 12.0. The highest BCUT2D eigenvalue weighted by Crippen LogP contribution is 2.17. The minimum Gasteiger partial charge on any atom is -0.373 e. The van der Waals surface area contributed by atoms with Gasteiger partial charge in [0.1, 0.15) is 5.82 Å². The third-order valence-electron chi connectivity index (χ3n) is 2.56. The van der Waals surface area contributed by atoms with Gasteiger partial charge in [0.15, 0.2) is 0 Å². The molecule has 3 nitrogen and oxygen atoms in total. The average molecular weight is 208 g/mol. The zero-order valence-electron chi connectivity index (χ0n) is 10.0. The lowest BCUT2D eigenvalue weighted by Gasteiger charge is -2.23. The zero-order chi connectivity index (χ0) is 11.3. The van der Waals surface area contributed by atoms with Crippen LogP contribution in [0.15, 0.2) is 18.3 Å². The van der Waals surface area contributed by atoms with Crippen molar-refractivity contribution in [3.63, 3.8) is 0 Å². The molecule has 1 rings (SSSR count). The van der Waals surface area contributed by atoms with E-state index in [9.17, 15) is 0 Å². The summed E-state index contributed by atoms with van der Waals surface area (Å²) in [4.78, 5) is 4.16. The topological polar surface area (TPSA) is 34.1 Å². The molecule has 1 heterocycles. The SMILES string of the molecule is CCC(C)(C)OCc1ccnc(NC)c1. The first-order valence-corrected chi connectivity index (χ1v) is 5.34. The van der Waals surface area contributed by atoms with Crippen LogP contribution in [0.2, 0.25) is 0 Å². The van der Waals surface area contributed by atoms with Crippen molar-refractivity contribution < 1.29 is 4.74 Å². The molecule has 84 valence electrons. The number of pyridine rings is 1.